The predicted molar refractivity (Wildman–Crippen MR) is 228 cm³/mol. The molecule has 0 atom stereocenters. The Hall–Kier alpha value is -7.16. The van der Waals surface area contributed by atoms with Crippen LogP contribution in [-0.2, 0) is 0 Å². The predicted octanol–water partition coefficient (Wildman–Crippen LogP) is 14.9. The van der Waals surface area contributed by atoms with E-state index in [4.69, 9.17) is 4.42 Å². The lowest BCUT2D eigenvalue weighted by molar-refractivity contribution is 0.669. The zero-order valence-electron chi connectivity index (χ0n) is 29.6. The Balaban J connectivity index is 1.07. The summed E-state index contributed by atoms with van der Waals surface area (Å²) >= 11 is 0. The molecule has 1 aromatic heterocycles. The number of rotatable bonds is 7. The lowest BCUT2D eigenvalue weighted by Crippen LogP contribution is -2.11. The van der Waals surface area contributed by atoms with E-state index < -0.39 is 0 Å². The van der Waals surface area contributed by atoms with Crippen LogP contribution in [0.4, 0.5) is 17.1 Å². The Bertz CT molecular complexity index is 2890. The number of furan rings is 1. The normalized spacial score (nSPS) is 11.3. The molecule has 0 spiro atoms. The molecular weight excluding hydrogens is 655 g/mol. The maximum atomic E-state index is 6.23. The van der Waals surface area contributed by atoms with Crippen LogP contribution in [0.15, 0.2) is 217 Å². The van der Waals surface area contributed by atoms with Crippen molar-refractivity contribution in [3.63, 3.8) is 0 Å². The standard InChI is InChI=1S/C52H35NO/c1-3-11-36(12-4-1)38-19-21-41(22-20-38)46-15-7-9-17-49(46)53(44-30-25-39(26-31-44)37-13-5-2-6-14-37)45-32-27-40(28-33-45)43-24-23-42-29-34-51-52(48(42)35-43)47-16-8-10-18-50(47)54-51/h1-35H. The van der Waals surface area contributed by atoms with Gasteiger partial charge in [0.1, 0.15) is 11.2 Å². The first-order valence-electron chi connectivity index (χ1n) is 18.4. The first-order valence-corrected chi connectivity index (χ1v) is 18.4. The summed E-state index contributed by atoms with van der Waals surface area (Å²) in [4.78, 5) is 2.38. The molecule has 1 heterocycles. The highest BCUT2D eigenvalue weighted by atomic mass is 16.3. The topological polar surface area (TPSA) is 16.4 Å². The molecule has 0 saturated carbocycles. The lowest BCUT2D eigenvalue weighted by atomic mass is 9.97. The summed E-state index contributed by atoms with van der Waals surface area (Å²) in [6.45, 7) is 0. The minimum absolute atomic E-state index is 0.915. The van der Waals surface area contributed by atoms with Crippen molar-refractivity contribution in [3.8, 4) is 44.5 Å². The number of para-hydroxylation sites is 2. The van der Waals surface area contributed by atoms with Gasteiger partial charge in [0.2, 0.25) is 0 Å². The third-order valence-corrected chi connectivity index (χ3v) is 10.5. The van der Waals surface area contributed by atoms with Crippen LogP contribution < -0.4 is 4.90 Å². The summed E-state index contributed by atoms with van der Waals surface area (Å²) in [6.07, 6.45) is 0. The van der Waals surface area contributed by atoms with Gasteiger partial charge in [-0.2, -0.15) is 0 Å². The number of hydrogen-bond acceptors (Lipinski definition) is 2. The van der Waals surface area contributed by atoms with Gasteiger partial charge >= 0.3 is 0 Å². The summed E-state index contributed by atoms with van der Waals surface area (Å²) in [7, 11) is 0. The maximum Gasteiger partial charge on any atom is 0.136 e. The average molecular weight is 690 g/mol. The van der Waals surface area contributed by atoms with E-state index >= 15 is 0 Å². The fraction of sp³-hybridized carbons (Fsp3) is 0. The summed E-state index contributed by atoms with van der Waals surface area (Å²) < 4.78 is 6.23. The van der Waals surface area contributed by atoms with Crippen LogP contribution >= 0.6 is 0 Å². The molecule has 9 aromatic carbocycles. The molecule has 0 radical (unpaired) electrons. The number of hydrogen-bond donors (Lipinski definition) is 0. The van der Waals surface area contributed by atoms with Crippen molar-refractivity contribution in [3.05, 3.63) is 212 Å². The summed E-state index contributed by atoms with van der Waals surface area (Å²) in [6, 6.07) is 75.9. The van der Waals surface area contributed by atoms with E-state index in [9.17, 15) is 0 Å². The number of anilines is 3. The van der Waals surface area contributed by atoms with Crippen LogP contribution in [0.3, 0.4) is 0 Å². The second-order valence-electron chi connectivity index (χ2n) is 13.7. The zero-order valence-corrected chi connectivity index (χ0v) is 29.6. The Morgan fingerprint density at radius 2 is 0.796 bits per heavy atom. The highest BCUT2D eigenvalue weighted by Crippen LogP contribution is 2.43. The molecule has 0 saturated heterocycles. The van der Waals surface area contributed by atoms with Crippen LogP contribution in [0.25, 0.3) is 77.2 Å². The van der Waals surface area contributed by atoms with E-state index in [-0.39, 0.29) is 0 Å². The Morgan fingerprint density at radius 3 is 1.46 bits per heavy atom. The van der Waals surface area contributed by atoms with Gasteiger partial charge in [-0.3, -0.25) is 0 Å². The smallest absolute Gasteiger partial charge is 0.136 e. The Kier molecular flexibility index (Phi) is 7.85. The fourth-order valence-electron chi connectivity index (χ4n) is 7.77. The molecule has 10 aromatic rings. The van der Waals surface area contributed by atoms with Gasteiger partial charge in [0, 0.05) is 27.7 Å². The van der Waals surface area contributed by atoms with E-state index in [1.807, 2.05) is 12.1 Å². The SMILES string of the molecule is c1ccc(-c2ccc(-c3ccccc3N(c3ccc(-c4ccccc4)cc3)c3ccc(-c4ccc5ccc6oc7ccccc7c6c5c4)cc3)cc2)cc1. The number of fused-ring (bicyclic) bond motifs is 5. The van der Waals surface area contributed by atoms with Crippen LogP contribution in [-0.4, -0.2) is 0 Å². The third-order valence-electron chi connectivity index (χ3n) is 10.5. The van der Waals surface area contributed by atoms with Gasteiger partial charge < -0.3 is 9.32 Å². The highest BCUT2D eigenvalue weighted by molar-refractivity contribution is 6.19. The van der Waals surface area contributed by atoms with E-state index in [0.29, 0.717) is 0 Å². The second kappa shape index (κ2) is 13.4. The summed E-state index contributed by atoms with van der Waals surface area (Å²) in [5, 5.41) is 4.72. The quantitative estimate of drug-likeness (QED) is 0.166. The molecule has 254 valence electrons. The zero-order chi connectivity index (χ0) is 35.8. The van der Waals surface area contributed by atoms with Crippen molar-refractivity contribution in [1.29, 1.82) is 0 Å². The third kappa shape index (κ3) is 5.71. The molecule has 10 rings (SSSR count). The fourth-order valence-corrected chi connectivity index (χ4v) is 7.77. The van der Waals surface area contributed by atoms with Crippen LogP contribution in [0.1, 0.15) is 0 Å². The van der Waals surface area contributed by atoms with E-state index in [0.717, 1.165) is 39.2 Å². The maximum absolute atomic E-state index is 6.23. The molecule has 0 amide bonds. The van der Waals surface area contributed by atoms with Crippen molar-refractivity contribution in [2.45, 2.75) is 0 Å². The van der Waals surface area contributed by atoms with Gasteiger partial charge in [-0.25, -0.2) is 0 Å². The molecule has 0 unspecified atom stereocenters. The van der Waals surface area contributed by atoms with Gasteiger partial charge in [0.25, 0.3) is 0 Å². The van der Waals surface area contributed by atoms with Crippen LogP contribution in [0.2, 0.25) is 0 Å². The summed E-state index contributed by atoms with van der Waals surface area (Å²) in [5.74, 6) is 0. The molecule has 2 nitrogen and oxygen atoms in total. The van der Waals surface area contributed by atoms with Gasteiger partial charge in [-0.05, 0) is 98.2 Å². The Labute approximate surface area is 314 Å². The highest BCUT2D eigenvalue weighted by Gasteiger charge is 2.18. The largest absolute Gasteiger partial charge is 0.456 e. The molecule has 2 heteroatoms. The molecule has 54 heavy (non-hydrogen) atoms. The van der Waals surface area contributed by atoms with Gasteiger partial charge in [0.15, 0.2) is 0 Å². The minimum atomic E-state index is 0.915. The second-order valence-corrected chi connectivity index (χ2v) is 13.7. The van der Waals surface area contributed by atoms with Crippen molar-refractivity contribution < 1.29 is 4.42 Å². The first kappa shape index (κ1) is 31.6. The van der Waals surface area contributed by atoms with Gasteiger partial charge in [-0.1, -0.05) is 164 Å². The van der Waals surface area contributed by atoms with Crippen molar-refractivity contribution in [2.75, 3.05) is 4.90 Å². The van der Waals surface area contributed by atoms with Crippen molar-refractivity contribution in [2.24, 2.45) is 0 Å². The minimum Gasteiger partial charge on any atom is -0.456 e. The molecule has 0 aliphatic rings. The monoisotopic (exact) mass is 689 g/mol. The molecule has 0 N–H and O–H groups in total. The van der Waals surface area contributed by atoms with Crippen molar-refractivity contribution in [1.82, 2.24) is 0 Å². The summed E-state index contributed by atoms with van der Waals surface area (Å²) in [5.41, 5.74) is 14.6. The number of nitrogens with zero attached hydrogens (tertiary/aromatic N) is 1. The Morgan fingerprint density at radius 1 is 0.315 bits per heavy atom. The number of benzene rings is 9. The van der Waals surface area contributed by atoms with Gasteiger partial charge in [0.05, 0.1) is 5.69 Å². The van der Waals surface area contributed by atoms with E-state index in [2.05, 4.69) is 205 Å². The van der Waals surface area contributed by atoms with E-state index in [1.165, 1.54) is 55.1 Å². The van der Waals surface area contributed by atoms with Crippen LogP contribution in [0, 0.1) is 0 Å². The average Bonchev–Trinajstić information content (AvgIpc) is 3.64. The van der Waals surface area contributed by atoms with Crippen LogP contribution in [0.5, 0.6) is 0 Å². The molecule has 0 aliphatic heterocycles. The van der Waals surface area contributed by atoms with Crippen molar-refractivity contribution >= 4 is 49.8 Å². The molecule has 0 bridgehead atoms. The molecule has 0 aliphatic carbocycles. The van der Waals surface area contributed by atoms with Gasteiger partial charge in [-0.15, -0.1) is 0 Å². The molecular formula is C52H35NO. The first-order chi connectivity index (χ1) is 26.8. The molecule has 0 fully saturated rings. The lowest BCUT2D eigenvalue weighted by Gasteiger charge is -2.28. The van der Waals surface area contributed by atoms with E-state index in [1.54, 1.807) is 0 Å².